The zero-order valence-electron chi connectivity index (χ0n) is 15.2. The van der Waals surface area contributed by atoms with Crippen molar-refractivity contribution in [2.24, 2.45) is 0 Å². The third-order valence-corrected chi connectivity index (χ3v) is 4.75. The highest BCUT2D eigenvalue weighted by molar-refractivity contribution is 5.84. The number of carboxylic acid groups (broad SMARTS) is 1. The van der Waals surface area contributed by atoms with E-state index in [1.807, 2.05) is 42.6 Å². The van der Waals surface area contributed by atoms with E-state index in [0.29, 0.717) is 25.8 Å². The second kappa shape index (κ2) is 9.03. The third kappa shape index (κ3) is 4.97. The SMILES string of the molecule is O=C(O)CCCCC(=O)NCC(c1ccccc1)c1c[nH]c2ccccc12. The topological polar surface area (TPSA) is 82.2 Å². The largest absolute Gasteiger partial charge is 0.481 e. The first-order chi connectivity index (χ1) is 13.1. The molecule has 5 heteroatoms. The standard InChI is InChI=1S/C22H24N2O3/c25-21(12-6-7-13-22(26)27)24-14-18(16-8-2-1-3-9-16)19-15-23-20-11-5-4-10-17(19)20/h1-5,8-11,15,18,23H,6-7,12-14H2,(H,24,25)(H,26,27). The summed E-state index contributed by atoms with van der Waals surface area (Å²) in [7, 11) is 0. The Kier molecular flexibility index (Phi) is 6.26. The van der Waals surface area contributed by atoms with E-state index in [-0.39, 0.29) is 18.2 Å². The van der Waals surface area contributed by atoms with E-state index in [0.717, 1.165) is 22.0 Å². The minimum absolute atomic E-state index is 0.0406. The molecule has 0 bridgehead atoms. The molecule has 1 atom stereocenters. The first kappa shape index (κ1) is 18.7. The summed E-state index contributed by atoms with van der Waals surface area (Å²) in [6, 6.07) is 18.3. The first-order valence-electron chi connectivity index (χ1n) is 9.24. The molecule has 1 heterocycles. The summed E-state index contributed by atoms with van der Waals surface area (Å²) in [5, 5.41) is 12.8. The molecule has 0 saturated heterocycles. The zero-order valence-corrected chi connectivity index (χ0v) is 15.2. The van der Waals surface area contributed by atoms with E-state index in [9.17, 15) is 9.59 Å². The number of carbonyl (C=O) groups excluding carboxylic acids is 1. The quantitative estimate of drug-likeness (QED) is 0.501. The summed E-state index contributed by atoms with van der Waals surface area (Å²) in [5.74, 6) is -0.814. The van der Waals surface area contributed by atoms with Crippen LogP contribution in [0.4, 0.5) is 0 Å². The highest BCUT2D eigenvalue weighted by Gasteiger charge is 2.18. The number of aromatic amines is 1. The van der Waals surface area contributed by atoms with Crippen LogP contribution in [0.3, 0.4) is 0 Å². The van der Waals surface area contributed by atoms with Crippen molar-refractivity contribution >= 4 is 22.8 Å². The summed E-state index contributed by atoms with van der Waals surface area (Å²) < 4.78 is 0. The van der Waals surface area contributed by atoms with Gasteiger partial charge in [-0.3, -0.25) is 9.59 Å². The van der Waals surface area contributed by atoms with Gasteiger partial charge in [0.25, 0.3) is 0 Å². The van der Waals surface area contributed by atoms with Gasteiger partial charge in [0.2, 0.25) is 5.91 Å². The first-order valence-corrected chi connectivity index (χ1v) is 9.24. The predicted octanol–water partition coefficient (Wildman–Crippen LogP) is 4.06. The van der Waals surface area contributed by atoms with Crippen LogP contribution in [0.5, 0.6) is 0 Å². The molecule has 1 unspecified atom stereocenters. The highest BCUT2D eigenvalue weighted by atomic mass is 16.4. The third-order valence-electron chi connectivity index (χ3n) is 4.75. The number of carbonyl (C=O) groups is 2. The number of amides is 1. The van der Waals surface area contributed by atoms with Crippen LogP contribution in [-0.2, 0) is 9.59 Å². The van der Waals surface area contributed by atoms with Gasteiger partial charge in [-0.15, -0.1) is 0 Å². The lowest BCUT2D eigenvalue weighted by atomic mass is 9.91. The maximum absolute atomic E-state index is 12.2. The molecule has 0 radical (unpaired) electrons. The Labute approximate surface area is 158 Å². The molecule has 1 amide bonds. The summed E-state index contributed by atoms with van der Waals surface area (Å²) in [6.07, 6.45) is 3.58. The van der Waals surface area contributed by atoms with E-state index >= 15 is 0 Å². The predicted molar refractivity (Wildman–Crippen MR) is 106 cm³/mol. The molecule has 0 aliphatic carbocycles. The highest BCUT2D eigenvalue weighted by Crippen LogP contribution is 2.30. The fourth-order valence-electron chi connectivity index (χ4n) is 3.34. The van der Waals surface area contributed by atoms with Crippen LogP contribution >= 0.6 is 0 Å². The van der Waals surface area contributed by atoms with Gasteiger partial charge in [0, 0.05) is 42.4 Å². The Morgan fingerprint density at radius 2 is 1.67 bits per heavy atom. The molecule has 3 N–H and O–H groups in total. The second-order valence-electron chi connectivity index (χ2n) is 6.66. The Balaban J connectivity index is 1.70. The Morgan fingerprint density at radius 1 is 0.963 bits per heavy atom. The van der Waals surface area contributed by atoms with Crippen molar-refractivity contribution in [1.29, 1.82) is 0 Å². The molecule has 0 aliphatic heterocycles. The number of aromatic nitrogens is 1. The zero-order chi connectivity index (χ0) is 19.1. The van der Waals surface area contributed by atoms with Crippen molar-refractivity contribution in [3.63, 3.8) is 0 Å². The number of para-hydroxylation sites is 1. The number of aliphatic carboxylic acids is 1. The van der Waals surface area contributed by atoms with Crippen molar-refractivity contribution in [2.45, 2.75) is 31.6 Å². The summed E-state index contributed by atoms with van der Waals surface area (Å²) in [6.45, 7) is 0.504. The number of unbranched alkanes of at least 4 members (excludes halogenated alkanes) is 1. The van der Waals surface area contributed by atoms with Gasteiger partial charge >= 0.3 is 5.97 Å². The van der Waals surface area contributed by atoms with Crippen LogP contribution in [0.1, 0.15) is 42.7 Å². The average Bonchev–Trinajstić information content (AvgIpc) is 3.10. The van der Waals surface area contributed by atoms with Crippen molar-refractivity contribution in [1.82, 2.24) is 10.3 Å². The van der Waals surface area contributed by atoms with Gasteiger partial charge in [0.05, 0.1) is 0 Å². The van der Waals surface area contributed by atoms with Crippen LogP contribution in [0.15, 0.2) is 60.8 Å². The fourth-order valence-corrected chi connectivity index (χ4v) is 3.34. The molecule has 3 aromatic rings. The number of benzene rings is 2. The molecule has 27 heavy (non-hydrogen) atoms. The minimum atomic E-state index is -0.820. The van der Waals surface area contributed by atoms with Crippen LogP contribution in [0, 0.1) is 0 Å². The van der Waals surface area contributed by atoms with Crippen molar-refractivity contribution in [2.75, 3.05) is 6.54 Å². The van der Waals surface area contributed by atoms with Crippen LogP contribution in [0.2, 0.25) is 0 Å². The van der Waals surface area contributed by atoms with Crippen molar-refractivity contribution in [3.05, 3.63) is 71.9 Å². The van der Waals surface area contributed by atoms with Crippen molar-refractivity contribution < 1.29 is 14.7 Å². The maximum Gasteiger partial charge on any atom is 0.303 e. The van der Waals surface area contributed by atoms with Gasteiger partial charge in [-0.2, -0.15) is 0 Å². The van der Waals surface area contributed by atoms with Gasteiger partial charge in [0.15, 0.2) is 0 Å². The van der Waals surface area contributed by atoms with Crippen LogP contribution in [0.25, 0.3) is 10.9 Å². The molecule has 1 aromatic heterocycles. The van der Waals surface area contributed by atoms with Gasteiger partial charge in [-0.25, -0.2) is 0 Å². The summed E-state index contributed by atoms with van der Waals surface area (Å²) in [4.78, 5) is 26.1. The molecule has 0 aliphatic rings. The lowest BCUT2D eigenvalue weighted by Crippen LogP contribution is -2.28. The van der Waals surface area contributed by atoms with Crippen LogP contribution in [-0.4, -0.2) is 28.5 Å². The monoisotopic (exact) mass is 364 g/mol. The van der Waals surface area contributed by atoms with Crippen LogP contribution < -0.4 is 5.32 Å². The number of hydrogen-bond donors (Lipinski definition) is 3. The van der Waals surface area contributed by atoms with E-state index in [2.05, 4.69) is 28.5 Å². The Morgan fingerprint density at radius 3 is 2.44 bits per heavy atom. The van der Waals surface area contributed by atoms with Gasteiger partial charge in [-0.1, -0.05) is 48.5 Å². The van der Waals surface area contributed by atoms with Crippen molar-refractivity contribution in [3.8, 4) is 0 Å². The molecule has 5 nitrogen and oxygen atoms in total. The number of fused-ring (bicyclic) bond motifs is 1. The molecular weight excluding hydrogens is 340 g/mol. The lowest BCUT2D eigenvalue weighted by Gasteiger charge is -2.18. The van der Waals surface area contributed by atoms with Gasteiger partial charge in [0.1, 0.15) is 0 Å². The number of rotatable bonds is 9. The molecular formula is C22H24N2O3. The number of carboxylic acids is 1. The lowest BCUT2D eigenvalue weighted by molar-refractivity contribution is -0.137. The van der Waals surface area contributed by atoms with Gasteiger partial charge in [-0.05, 0) is 30.0 Å². The summed E-state index contributed by atoms with van der Waals surface area (Å²) >= 11 is 0. The van der Waals surface area contributed by atoms with E-state index < -0.39 is 5.97 Å². The minimum Gasteiger partial charge on any atom is -0.481 e. The molecule has 0 fully saturated rings. The number of hydrogen-bond acceptors (Lipinski definition) is 2. The number of nitrogens with one attached hydrogen (secondary N) is 2. The fraction of sp³-hybridized carbons (Fsp3) is 0.273. The second-order valence-corrected chi connectivity index (χ2v) is 6.66. The normalized spacial score (nSPS) is 12.0. The van der Waals surface area contributed by atoms with Gasteiger partial charge < -0.3 is 15.4 Å². The molecule has 140 valence electrons. The average molecular weight is 364 g/mol. The summed E-state index contributed by atoms with van der Waals surface area (Å²) in [5.41, 5.74) is 3.38. The molecule has 0 saturated carbocycles. The van der Waals surface area contributed by atoms with E-state index in [1.165, 1.54) is 0 Å². The Bertz CT molecular complexity index is 902. The smallest absolute Gasteiger partial charge is 0.303 e. The number of H-pyrrole nitrogens is 1. The van der Waals surface area contributed by atoms with E-state index in [4.69, 9.17) is 5.11 Å². The molecule has 2 aromatic carbocycles. The van der Waals surface area contributed by atoms with E-state index in [1.54, 1.807) is 0 Å². The molecule has 3 rings (SSSR count). The maximum atomic E-state index is 12.2. The molecule has 0 spiro atoms. The Hall–Kier alpha value is -3.08.